The van der Waals surface area contributed by atoms with Gasteiger partial charge >= 0.3 is 0 Å². The van der Waals surface area contributed by atoms with Gasteiger partial charge in [0, 0.05) is 31.9 Å². The number of nitrogens with one attached hydrogen (secondary N) is 1. The van der Waals surface area contributed by atoms with Crippen LogP contribution in [0.3, 0.4) is 0 Å². The van der Waals surface area contributed by atoms with Crippen LogP contribution in [0.1, 0.15) is 37.3 Å². The lowest BCUT2D eigenvalue weighted by atomic mass is 10.2. The molecule has 0 radical (unpaired) electrons. The van der Waals surface area contributed by atoms with Crippen molar-refractivity contribution in [2.24, 2.45) is 0 Å². The summed E-state index contributed by atoms with van der Waals surface area (Å²) < 4.78 is 13.2. The first-order chi connectivity index (χ1) is 16.3. The van der Waals surface area contributed by atoms with E-state index in [0.717, 1.165) is 53.0 Å². The Morgan fingerprint density at radius 1 is 1.03 bits per heavy atom. The summed E-state index contributed by atoms with van der Waals surface area (Å²) in [6.45, 7) is 3.57. The van der Waals surface area contributed by atoms with Gasteiger partial charge in [-0.25, -0.2) is 4.98 Å². The van der Waals surface area contributed by atoms with Crippen molar-refractivity contribution in [1.82, 2.24) is 24.5 Å². The van der Waals surface area contributed by atoms with Crippen molar-refractivity contribution < 1.29 is 9.15 Å². The first-order valence-corrected chi connectivity index (χ1v) is 11.6. The number of ether oxygens (including phenoxy) is 1. The number of imidazole rings is 1. The first kappa shape index (κ1) is 20.2. The molecule has 1 saturated carbocycles. The maximum Gasteiger partial charge on any atom is 0.229 e. The van der Waals surface area contributed by atoms with E-state index in [0.29, 0.717) is 25.8 Å². The van der Waals surface area contributed by atoms with E-state index in [1.807, 2.05) is 30.7 Å². The third-order valence-corrected chi connectivity index (χ3v) is 6.48. The number of nitrogens with zero attached hydrogens (tertiary/aromatic N) is 6. The molecule has 2 fully saturated rings. The highest BCUT2D eigenvalue weighted by atomic mass is 16.5. The van der Waals surface area contributed by atoms with E-state index in [9.17, 15) is 0 Å². The van der Waals surface area contributed by atoms with Crippen LogP contribution < -0.4 is 10.2 Å². The highest BCUT2D eigenvalue weighted by molar-refractivity contribution is 5.84. The molecular weight excluding hydrogens is 418 g/mol. The van der Waals surface area contributed by atoms with E-state index in [4.69, 9.17) is 24.1 Å². The predicted molar refractivity (Wildman–Crippen MR) is 125 cm³/mol. The molecule has 0 atom stereocenters. The minimum absolute atomic E-state index is 0.466. The molecule has 0 amide bonds. The number of furan rings is 1. The van der Waals surface area contributed by atoms with Crippen molar-refractivity contribution in [3.8, 4) is 11.5 Å². The zero-order chi connectivity index (χ0) is 22.0. The zero-order valence-corrected chi connectivity index (χ0v) is 18.5. The first-order valence-electron chi connectivity index (χ1n) is 11.6. The molecule has 1 aliphatic heterocycles. The van der Waals surface area contributed by atoms with Gasteiger partial charge in [0.05, 0.1) is 25.8 Å². The Balaban J connectivity index is 1.29. The van der Waals surface area contributed by atoms with Crippen molar-refractivity contribution in [2.75, 3.05) is 36.5 Å². The summed E-state index contributed by atoms with van der Waals surface area (Å²) in [6, 6.07) is 8.26. The molecule has 6 rings (SSSR count). The van der Waals surface area contributed by atoms with E-state index in [1.54, 1.807) is 6.26 Å². The number of rotatable bonds is 6. The maximum atomic E-state index is 5.53. The summed E-state index contributed by atoms with van der Waals surface area (Å²) in [4.78, 5) is 21.3. The quantitative estimate of drug-likeness (QED) is 0.475. The van der Waals surface area contributed by atoms with Gasteiger partial charge in [-0.15, -0.1) is 0 Å². The van der Waals surface area contributed by atoms with Crippen LogP contribution >= 0.6 is 0 Å². The van der Waals surface area contributed by atoms with Crippen molar-refractivity contribution in [2.45, 2.75) is 38.3 Å². The minimum Gasteiger partial charge on any atom is -0.463 e. The summed E-state index contributed by atoms with van der Waals surface area (Å²) >= 11 is 0. The highest BCUT2D eigenvalue weighted by Gasteiger charge is 2.23. The van der Waals surface area contributed by atoms with Crippen molar-refractivity contribution in [3.05, 3.63) is 48.6 Å². The number of fused-ring (bicyclic) bond motifs is 1. The number of hydrogen-bond acceptors (Lipinski definition) is 8. The fourth-order valence-corrected chi connectivity index (χ4v) is 4.67. The minimum atomic E-state index is 0.466. The Kier molecular flexibility index (Phi) is 5.39. The molecular formula is C24H27N7O2. The van der Waals surface area contributed by atoms with E-state index in [1.165, 1.54) is 25.7 Å². The Morgan fingerprint density at radius 2 is 1.91 bits per heavy atom. The second-order valence-electron chi connectivity index (χ2n) is 8.62. The molecule has 9 heteroatoms. The Hall–Kier alpha value is -3.46. The van der Waals surface area contributed by atoms with Gasteiger partial charge < -0.3 is 23.9 Å². The molecule has 0 bridgehead atoms. The molecule has 9 nitrogen and oxygen atoms in total. The summed E-state index contributed by atoms with van der Waals surface area (Å²) in [5.41, 5.74) is 3.60. The van der Waals surface area contributed by atoms with E-state index < -0.39 is 0 Å². The largest absolute Gasteiger partial charge is 0.463 e. The molecule has 33 heavy (non-hydrogen) atoms. The van der Waals surface area contributed by atoms with Crippen LogP contribution in [0.5, 0.6) is 0 Å². The van der Waals surface area contributed by atoms with Gasteiger partial charge in [-0.1, -0.05) is 18.9 Å². The second-order valence-corrected chi connectivity index (χ2v) is 8.62. The summed E-state index contributed by atoms with van der Waals surface area (Å²) in [5, 5.41) is 3.49. The topological polar surface area (TPSA) is 94.1 Å². The van der Waals surface area contributed by atoms with Gasteiger partial charge in [0.25, 0.3) is 0 Å². The van der Waals surface area contributed by atoms with Gasteiger partial charge in [0.1, 0.15) is 5.69 Å². The SMILES string of the molecule is c1coc(-c2ccc(CNc3nc(N4CCOCC4)nc4c3ncn4C3CCCC3)cn2)c1. The van der Waals surface area contributed by atoms with Crippen LogP contribution in [0.4, 0.5) is 11.8 Å². The molecule has 1 aliphatic carbocycles. The summed E-state index contributed by atoms with van der Waals surface area (Å²) in [5.74, 6) is 2.26. The summed E-state index contributed by atoms with van der Waals surface area (Å²) in [6.07, 6.45) is 10.3. The van der Waals surface area contributed by atoms with Gasteiger partial charge in [0.15, 0.2) is 22.7 Å². The lowest BCUT2D eigenvalue weighted by Gasteiger charge is -2.27. The second kappa shape index (κ2) is 8.82. The molecule has 1 N–H and O–H groups in total. The lowest BCUT2D eigenvalue weighted by Crippen LogP contribution is -2.37. The molecule has 4 aromatic heterocycles. The molecule has 0 unspecified atom stereocenters. The van der Waals surface area contributed by atoms with E-state index in [-0.39, 0.29) is 0 Å². The molecule has 5 heterocycles. The van der Waals surface area contributed by atoms with Gasteiger partial charge in [-0.3, -0.25) is 4.98 Å². The standard InChI is InChI=1S/C24H27N7O2/c1-2-5-18(4-1)31-16-27-21-22(28-24(29-23(21)31)30-9-12-32-13-10-30)26-15-17-7-8-19(25-14-17)20-6-3-11-33-20/h3,6-8,11,14,16,18H,1-2,4-5,9-10,12-13,15H2,(H,26,28,29). The molecule has 0 aromatic carbocycles. The molecule has 2 aliphatic rings. The van der Waals surface area contributed by atoms with E-state index in [2.05, 4.69) is 25.8 Å². The van der Waals surface area contributed by atoms with Crippen LogP contribution in [-0.2, 0) is 11.3 Å². The predicted octanol–water partition coefficient (Wildman–Crippen LogP) is 4.05. The van der Waals surface area contributed by atoms with Crippen molar-refractivity contribution >= 4 is 22.9 Å². The third kappa shape index (κ3) is 4.04. The number of pyridine rings is 1. The monoisotopic (exact) mass is 445 g/mol. The molecule has 170 valence electrons. The Labute approximate surface area is 191 Å². The van der Waals surface area contributed by atoms with Crippen LogP contribution in [0.2, 0.25) is 0 Å². The average Bonchev–Trinajstić information content (AvgIpc) is 3.65. The van der Waals surface area contributed by atoms with Gasteiger partial charge in [-0.05, 0) is 36.6 Å². The summed E-state index contributed by atoms with van der Waals surface area (Å²) in [7, 11) is 0. The fraction of sp³-hybridized carbons (Fsp3) is 0.417. The molecule has 0 spiro atoms. The lowest BCUT2D eigenvalue weighted by molar-refractivity contribution is 0.122. The van der Waals surface area contributed by atoms with Crippen LogP contribution in [0.15, 0.2) is 47.5 Å². The van der Waals surface area contributed by atoms with Gasteiger partial charge in [-0.2, -0.15) is 9.97 Å². The smallest absolute Gasteiger partial charge is 0.229 e. The van der Waals surface area contributed by atoms with Crippen molar-refractivity contribution in [1.29, 1.82) is 0 Å². The fourth-order valence-electron chi connectivity index (χ4n) is 4.67. The number of aromatic nitrogens is 5. The molecule has 1 saturated heterocycles. The molecule has 4 aromatic rings. The average molecular weight is 446 g/mol. The zero-order valence-electron chi connectivity index (χ0n) is 18.5. The van der Waals surface area contributed by atoms with Crippen LogP contribution in [0.25, 0.3) is 22.6 Å². The number of morpholine rings is 1. The normalized spacial score (nSPS) is 17.2. The van der Waals surface area contributed by atoms with E-state index >= 15 is 0 Å². The third-order valence-electron chi connectivity index (χ3n) is 6.48. The van der Waals surface area contributed by atoms with Crippen LogP contribution in [0, 0.1) is 0 Å². The maximum absolute atomic E-state index is 5.53. The highest BCUT2D eigenvalue weighted by Crippen LogP contribution is 2.33. The van der Waals surface area contributed by atoms with Gasteiger partial charge in [0.2, 0.25) is 5.95 Å². The Morgan fingerprint density at radius 3 is 2.67 bits per heavy atom. The number of anilines is 2. The van der Waals surface area contributed by atoms with Crippen LogP contribution in [-0.4, -0.2) is 50.8 Å². The number of hydrogen-bond donors (Lipinski definition) is 1. The Bertz CT molecular complexity index is 1210. The van der Waals surface area contributed by atoms with Crippen molar-refractivity contribution in [3.63, 3.8) is 0 Å².